The van der Waals surface area contributed by atoms with E-state index in [0.29, 0.717) is 13.1 Å². The summed E-state index contributed by atoms with van der Waals surface area (Å²) in [5, 5.41) is 12.0. The number of nitrogens with one attached hydrogen (secondary N) is 1. The van der Waals surface area contributed by atoms with Gasteiger partial charge in [0.1, 0.15) is 5.17 Å². The van der Waals surface area contributed by atoms with E-state index < -0.39 is 5.41 Å². The van der Waals surface area contributed by atoms with Gasteiger partial charge in [-0.15, -0.1) is 0 Å². The number of aromatic nitrogens is 3. The van der Waals surface area contributed by atoms with E-state index in [-0.39, 0.29) is 17.0 Å². The van der Waals surface area contributed by atoms with Crippen LogP contribution in [-0.2, 0) is 11.3 Å². The summed E-state index contributed by atoms with van der Waals surface area (Å²) in [6.45, 7) is 2.89. The number of carbonyl (C=O) groups excluding carboxylic acids is 1. The second kappa shape index (κ2) is 5.27. The Morgan fingerprint density at radius 2 is 2.38 bits per heavy atom. The smallest absolute Gasteiger partial charge is 0.231 e. The normalized spacial score (nSPS) is 24.8. The number of nitrogens with zero attached hydrogens (tertiary/aromatic N) is 4. The Hall–Kier alpha value is -2.47. The molecule has 2 unspecified atom stereocenters. The molecule has 0 saturated carbocycles. The van der Waals surface area contributed by atoms with E-state index in [0.717, 1.165) is 16.9 Å². The van der Waals surface area contributed by atoms with Gasteiger partial charge in [0.15, 0.2) is 5.82 Å². The summed E-state index contributed by atoms with van der Waals surface area (Å²) in [6, 6.07) is 3.87. The predicted octanol–water partition coefficient (Wildman–Crippen LogP) is 2.31. The number of aryl methyl sites for hydroxylation is 1. The van der Waals surface area contributed by atoms with Crippen LogP contribution < -0.4 is 0 Å². The molecule has 1 N–H and O–H groups in total. The molecule has 1 fully saturated rings. The molecule has 1 aliphatic heterocycles. The largest absolute Gasteiger partial charge is 0.336 e. The Bertz CT molecular complexity index is 860. The predicted molar refractivity (Wildman–Crippen MR) is 90.2 cm³/mol. The number of carbonyl (C=O) groups is 1. The van der Waals surface area contributed by atoms with Gasteiger partial charge in [-0.05, 0) is 30.2 Å². The number of likely N-dealkylation sites (tertiary alicyclic amines) is 1. The van der Waals surface area contributed by atoms with Crippen LogP contribution in [0.15, 0.2) is 42.9 Å². The van der Waals surface area contributed by atoms with Crippen molar-refractivity contribution >= 4 is 22.7 Å². The minimum absolute atomic E-state index is 0.0247. The summed E-state index contributed by atoms with van der Waals surface area (Å²) in [4.78, 5) is 18.7. The van der Waals surface area contributed by atoms with E-state index in [1.165, 1.54) is 0 Å². The van der Waals surface area contributed by atoms with E-state index in [1.54, 1.807) is 22.0 Å². The van der Waals surface area contributed by atoms with Crippen LogP contribution in [-0.4, -0.2) is 37.3 Å². The Morgan fingerprint density at radius 3 is 2.92 bits per heavy atom. The van der Waals surface area contributed by atoms with Gasteiger partial charge in [0, 0.05) is 31.7 Å². The zero-order valence-corrected chi connectivity index (χ0v) is 13.9. The summed E-state index contributed by atoms with van der Waals surface area (Å²) >= 11 is 5.94. The van der Waals surface area contributed by atoms with E-state index in [4.69, 9.17) is 17.0 Å². The summed E-state index contributed by atoms with van der Waals surface area (Å²) < 4.78 is 1.72. The number of fused-ring (bicyclic) bond motifs is 1. The molecule has 1 aliphatic carbocycles. The van der Waals surface area contributed by atoms with Crippen molar-refractivity contribution < 1.29 is 4.79 Å². The van der Waals surface area contributed by atoms with Crippen molar-refractivity contribution in [2.24, 2.45) is 11.3 Å². The lowest BCUT2D eigenvalue weighted by atomic mass is 9.70. The number of hydrogen-bond donors (Lipinski definition) is 1. The van der Waals surface area contributed by atoms with Gasteiger partial charge >= 0.3 is 0 Å². The van der Waals surface area contributed by atoms with Gasteiger partial charge in [0.25, 0.3) is 0 Å². The quantitative estimate of drug-likeness (QED) is 0.685. The van der Waals surface area contributed by atoms with Crippen LogP contribution in [0.3, 0.4) is 0 Å². The van der Waals surface area contributed by atoms with Crippen LogP contribution >= 0.6 is 11.6 Å². The molecule has 2 aromatic heterocycles. The molecule has 6 nitrogen and oxygen atoms in total. The molecule has 0 spiro atoms. The number of rotatable bonds is 4. The zero-order chi connectivity index (χ0) is 16.9. The molecule has 0 radical (unpaired) electrons. The third-order valence-corrected chi connectivity index (χ3v) is 5.13. The maximum absolute atomic E-state index is 12.5. The fraction of sp³-hybridized carbons (Fsp3) is 0.294. The van der Waals surface area contributed by atoms with Gasteiger partial charge < -0.3 is 4.90 Å². The molecular weight excluding hydrogens is 326 g/mol. The highest BCUT2D eigenvalue weighted by Gasteiger charge is 2.56. The molecule has 2 atom stereocenters. The molecule has 0 bridgehead atoms. The third kappa shape index (κ3) is 2.10. The van der Waals surface area contributed by atoms with Gasteiger partial charge in [-0.2, -0.15) is 5.10 Å². The molecule has 0 aromatic carbocycles. The number of hydrogen-bond acceptors (Lipinski definition) is 4. The second-order valence-electron chi connectivity index (χ2n) is 6.32. The molecule has 2 aromatic rings. The Morgan fingerprint density at radius 1 is 1.54 bits per heavy atom. The second-order valence-corrected chi connectivity index (χ2v) is 6.70. The lowest BCUT2D eigenvalue weighted by molar-refractivity contribution is -0.130. The molecule has 4 rings (SSSR count). The average Bonchev–Trinajstić information content (AvgIpc) is 3.08. The maximum Gasteiger partial charge on any atom is 0.231 e. The summed E-state index contributed by atoms with van der Waals surface area (Å²) in [5.41, 5.74) is 1.33. The Kier molecular flexibility index (Phi) is 3.31. The first kappa shape index (κ1) is 15.1. The van der Waals surface area contributed by atoms with Crippen molar-refractivity contribution in [3.63, 3.8) is 0 Å². The third-order valence-electron chi connectivity index (χ3n) is 4.78. The Labute approximate surface area is 144 Å². The summed E-state index contributed by atoms with van der Waals surface area (Å²) in [5.74, 6) is 0.508. The fourth-order valence-electron chi connectivity index (χ4n) is 3.45. The van der Waals surface area contributed by atoms with Crippen LogP contribution in [0, 0.1) is 23.7 Å². The molecule has 2 aliphatic rings. The molecular formula is C17H16ClN5O. The minimum Gasteiger partial charge on any atom is -0.336 e. The van der Waals surface area contributed by atoms with Gasteiger partial charge in [-0.1, -0.05) is 23.8 Å². The van der Waals surface area contributed by atoms with Crippen molar-refractivity contribution in [1.29, 1.82) is 5.41 Å². The fourth-order valence-corrected chi connectivity index (χ4v) is 3.69. The monoisotopic (exact) mass is 341 g/mol. The molecule has 1 saturated heterocycles. The van der Waals surface area contributed by atoms with E-state index in [1.807, 2.05) is 37.4 Å². The number of amides is 1. The highest BCUT2D eigenvalue weighted by atomic mass is 35.5. The van der Waals surface area contributed by atoms with Crippen LogP contribution in [0.2, 0.25) is 0 Å². The van der Waals surface area contributed by atoms with Crippen LogP contribution in [0.4, 0.5) is 0 Å². The topological polar surface area (TPSA) is 74.9 Å². The molecule has 1 amide bonds. The maximum atomic E-state index is 12.5. The average molecular weight is 342 g/mol. The van der Waals surface area contributed by atoms with Crippen LogP contribution in [0.1, 0.15) is 11.1 Å². The van der Waals surface area contributed by atoms with E-state index in [9.17, 15) is 4.79 Å². The summed E-state index contributed by atoms with van der Waals surface area (Å²) in [7, 11) is 0. The number of halogens is 1. The van der Waals surface area contributed by atoms with E-state index in [2.05, 4.69) is 10.1 Å². The van der Waals surface area contributed by atoms with Crippen molar-refractivity contribution in [3.05, 3.63) is 54.0 Å². The zero-order valence-electron chi connectivity index (χ0n) is 13.1. The standard InChI is InChI=1S/C17H16ClN5O/c1-11-7-12(8-20-14(11)23-6-2-5-21-23)9-22-10-17(16(18)19)4-3-13(17)15(22)24/h2-8,13,19H,9-10H2,1H3. The molecule has 7 heteroatoms. The van der Waals surface area contributed by atoms with Crippen LogP contribution in [0.5, 0.6) is 0 Å². The highest BCUT2D eigenvalue weighted by molar-refractivity contribution is 6.66. The first-order chi connectivity index (χ1) is 11.5. The first-order valence-electron chi connectivity index (χ1n) is 7.69. The van der Waals surface area contributed by atoms with Gasteiger partial charge in [0.05, 0.1) is 11.3 Å². The first-order valence-corrected chi connectivity index (χ1v) is 8.07. The minimum atomic E-state index is -0.615. The van der Waals surface area contributed by atoms with Crippen LogP contribution in [0.25, 0.3) is 5.82 Å². The Balaban J connectivity index is 1.56. The van der Waals surface area contributed by atoms with Crippen molar-refractivity contribution in [2.75, 3.05) is 6.54 Å². The number of pyridine rings is 1. The molecule has 3 heterocycles. The van der Waals surface area contributed by atoms with Crippen molar-refractivity contribution in [1.82, 2.24) is 19.7 Å². The SMILES string of the molecule is Cc1cc(CN2CC3(C(=N)Cl)C=CC3C2=O)cnc1-n1cccn1. The summed E-state index contributed by atoms with van der Waals surface area (Å²) in [6.07, 6.45) is 9.03. The highest BCUT2D eigenvalue weighted by Crippen LogP contribution is 2.48. The van der Waals surface area contributed by atoms with Gasteiger partial charge in [-0.25, -0.2) is 9.67 Å². The van der Waals surface area contributed by atoms with Gasteiger partial charge in [-0.3, -0.25) is 10.2 Å². The molecule has 24 heavy (non-hydrogen) atoms. The lowest BCUT2D eigenvalue weighted by Crippen LogP contribution is -2.39. The van der Waals surface area contributed by atoms with E-state index >= 15 is 0 Å². The lowest BCUT2D eigenvalue weighted by Gasteiger charge is -2.33. The van der Waals surface area contributed by atoms with Crippen molar-refractivity contribution in [3.8, 4) is 5.82 Å². The van der Waals surface area contributed by atoms with Gasteiger partial charge in [0.2, 0.25) is 5.91 Å². The van der Waals surface area contributed by atoms with Crippen molar-refractivity contribution in [2.45, 2.75) is 13.5 Å². The molecule has 122 valence electrons.